The van der Waals surface area contributed by atoms with Crippen molar-refractivity contribution >= 4 is 29.3 Å². The maximum absolute atomic E-state index is 13.0. The normalized spacial score (nSPS) is 17.1. The maximum atomic E-state index is 13.0. The zero-order valence-electron chi connectivity index (χ0n) is 19.5. The van der Waals surface area contributed by atoms with Crippen molar-refractivity contribution in [3.63, 3.8) is 0 Å². The SMILES string of the molecule is CC(C)(C)N1C[C@H](NC(=O)c2cc(C(=O)NCc3ccc4c(c3)CC(=O)O4)nc3ccnn23)C1=O. The number of rotatable bonds is 5. The van der Waals surface area contributed by atoms with Gasteiger partial charge in [-0.1, -0.05) is 6.07 Å². The lowest BCUT2D eigenvalue weighted by Crippen LogP contribution is -2.68. The van der Waals surface area contributed by atoms with Crippen LogP contribution in [0, 0.1) is 0 Å². The van der Waals surface area contributed by atoms with Gasteiger partial charge in [-0.05, 0) is 38.5 Å². The van der Waals surface area contributed by atoms with E-state index in [1.54, 1.807) is 23.1 Å². The van der Waals surface area contributed by atoms with E-state index in [4.69, 9.17) is 4.74 Å². The number of nitrogens with zero attached hydrogens (tertiary/aromatic N) is 4. The molecule has 0 saturated carbocycles. The summed E-state index contributed by atoms with van der Waals surface area (Å²) in [4.78, 5) is 55.8. The van der Waals surface area contributed by atoms with Crippen LogP contribution in [0.5, 0.6) is 5.75 Å². The largest absolute Gasteiger partial charge is 0.426 e. The number of β-lactam (4-membered cyclic amide) rings is 1. The van der Waals surface area contributed by atoms with Crippen molar-refractivity contribution in [2.75, 3.05) is 6.54 Å². The Morgan fingerprint density at radius 2 is 1.94 bits per heavy atom. The second kappa shape index (κ2) is 8.19. The minimum absolute atomic E-state index is 0.0408. The predicted molar refractivity (Wildman–Crippen MR) is 123 cm³/mol. The summed E-state index contributed by atoms with van der Waals surface area (Å²) in [6, 6.07) is 7.58. The molecular weight excluding hydrogens is 452 g/mol. The van der Waals surface area contributed by atoms with Gasteiger partial charge in [0.2, 0.25) is 5.91 Å². The predicted octanol–water partition coefficient (Wildman–Crippen LogP) is 0.860. The molecule has 3 aromatic rings. The van der Waals surface area contributed by atoms with Crippen LogP contribution in [0.25, 0.3) is 5.65 Å². The van der Waals surface area contributed by atoms with E-state index < -0.39 is 17.9 Å². The Hall–Kier alpha value is -4.28. The summed E-state index contributed by atoms with van der Waals surface area (Å²) in [5, 5.41) is 9.64. The number of fused-ring (bicyclic) bond motifs is 2. The van der Waals surface area contributed by atoms with Gasteiger partial charge in [0.25, 0.3) is 11.8 Å². The fourth-order valence-electron chi connectivity index (χ4n) is 4.13. The molecule has 2 N–H and O–H groups in total. The number of likely N-dealkylation sites (tertiary alicyclic amines) is 1. The van der Waals surface area contributed by atoms with Gasteiger partial charge in [-0.15, -0.1) is 0 Å². The highest BCUT2D eigenvalue weighted by atomic mass is 16.5. The zero-order chi connectivity index (χ0) is 24.9. The molecule has 1 aromatic carbocycles. The van der Waals surface area contributed by atoms with Crippen molar-refractivity contribution in [1.82, 2.24) is 30.1 Å². The molecule has 0 radical (unpaired) electrons. The molecule has 2 aliphatic heterocycles. The smallest absolute Gasteiger partial charge is 0.315 e. The molecule has 180 valence electrons. The van der Waals surface area contributed by atoms with Crippen LogP contribution in [0.1, 0.15) is 52.9 Å². The van der Waals surface area contributed by atoms with Gasteiger partial charge in [0.1, 0.15) is 23.2 Å². The third-order valence-electron chi connectivity index (χ3n) is 6.01. The lowest BCUT2D eigenvalue weighted by Gasteiger charge is -2.47. The van der Waals surface area contributed by atoms with Crippen molar-refractivity contribution in [2.45, 2.75) is 45.3 Å². The van der Waals surface area contributed by atoms with Crippen LogP contribution in [0.3, 0.4) is 0 Å². The fraction of sp³-hybridized carbons (Fsp3) is 0.333. The van der Waals surface area contributed by atoms with Gasteiger partial charge in [0.15, 0.2) is 5.65 Å². The summed E-state index contributed by atoms with van der Waals surface area (Å²) in [5.41, 5.74) is 1.71. The Morgan fingerprint density at radius 3 is 2.69 bits per heavy atom. The highest BCUT2D eigenvalue weighted by Gasteiger charge is 2.43. The first-order chi connectivity index (χ1) is 16.6. The minimum Gasteiger partial charge on any atom is -0.426 e. The van der Waals surface area contributed by atoms with Crippen LogP contribution in [-0.4, -0.2) is 61.3 Å². The molecule has 0 bridgehead atoms. The Balaban J connectivity index is 1.30. The van der Waals surface area contributed by atoms with Crippen LogP contribution < -0.4 is 15.4 Å². The number of ether oxygens (including phenoxy) is 1. The maximum Gasteiger partial charge on any atom is 0.315 e. The van der Waals surface area contributed by atoms with Crippen LogP contribution >= 0.6 is 0 Å². The lowest BCUT2D eigenvalue weighted by molar-refractivity contribution is -0.150. The van der Waals surface area contributed by atoms with Gasteiger partial charge in [0, 0.05) is 29.8 Å². The minimum atomic E-state index is -0.631. The molecule has 1 saturated heterocycles. The summed E-state index contributed by atoms with van der Waals surface area (Å²) in [5.74, 6) is -0.931. The molecule has 2 aromatic heterocycles. The first kappa shape index (κ1) is 22.5. The van der Waals surface area contributed by atoms with Crippen LogP contribution in [-0.2, 0) is 22.6 Å². The zero-order valence-corrected chi connectivity index (χ0v) is 19.5. The van der Waals surface area contributed by atoms with E-state index in [0.717, 1.165) is 11.1 Å². The van der Waals surface area contributed by atoms with Gasteiger partial charge in [-0.3, -0.25) is 19.2 Å². The average molecular weight is 476 g/mol. The van der Waals surface area contributed by atoms with E-state index in [-0.39, 0.29) is 41.8 Å². The Labute approximate surface area is 200 Å². The van der Waals surface area contributed by atoms with Crippen molar-refractivity contribution in [3.8, 4) is 5.75 Å². The summed E-state index contributed by atoms with van der Waals surface area (Å²) in [6.45, 7) is 6.40. The van der Waals surface area contributed by atoms with Gasteiger partial charge < -0.3 is 20.3 Å². The molecule has 0 spiro atoms. The molecular formula is C24H24N6O5. The van der Waals surface area contributed by atoms with Gasteiger partial charge in [0.05, 0.1) is 19.2 Å². The molecule has 5 rings (SSSR count). The van der Waals surface area contributed by atoms with E-state index in [9.17, 15) is 19.2 Å². The topological polar surface area (TPSA) is 135 Å². The van der Waals surface area contributed by atoms with Crippen molar-refractivity contribution in [3.05, 3.63) is 59.0 Å². The monoisotopic (exact) mass is 476 g/mol. The lowest BCUT2D eigenvalue weighted by atomic mass is 9.96. The molecule has 2 aliphatic rings. The quantitative estimate of drug-likeness (QED) is 0.317. The average Bonchev–Trinajstić information content (AvgIpc) is 3.42. The first-order valence-electron chi connectivity index (χ1n) is 11.2. The third-order valence-corrected chi connectivity index (χ3v) is 6.01. The van der Waals surface area contributed by atoms with Crippen molar-refractivity contribution < 1.29 is 23.9 Å². The van der Waals surface area contributed by atoms with Gasteiger partial charge >= 0.3 is 5.97 Å². The van der Waals surface area contributed by atoms with E-state index >= 15 is 0 Å². The van der Waals surface area contributed by atoms with Gasteiger partial charge in [-0.2, -0.15) is 5.10 Å². The number of carbonyl (C=O) groups is 4. The van der Waals surface area contributed by atoms with E-state index in [2.05, 4.69) is 20.7 Å². The number of nitrogens with one attached hydrogen (secondary N) is 2. The third kappa shape index (κ3) is 4.20. The number of hydrogen-bond donors (Lipinski definition) is 2. The van der Waals surface area contributed by atoms with Crippen molar-refractivity contribution in [2.24, 2.45) is 0 Å². The van der Waals surface area contributed by atoms with E-state index in [1.807, 2.05) is 26.8 Å². The molecule has 11 nitrogen and oxygen atoms in total. The Kier molecular flexibility index (Phi) is 5.27. The Morgan fingerprint density at radius 1 is 1.14 bits per heavy atom. The summed E-state index contributed by atoms with van der Waals surface area (Å²) < 4.78 is 6.42. The first-order valence-corrected chi connectivity index (χ1v) is 11.2. The number of aromatic nitrogens is 3. The van der Waals surface area contributed by atoms with Crippen LogP contribution in [0.2, 0.25) is 0 Å². The molecule has 1 fully saturated rings. The summed E-state index contributed by atoms with van der Waals surface area (Å²) in [6.07, 6.45) is 1.68. The molecule has 1 atom stereocenters. The standard InChI is InChI=1S/C24H24N6O5/c1-24(2,3)29-12-16(23(29)34)28-22(33)17-10-15(27-19-6-7-26-30(17)19)21(32)25-11-13-4-5-18-14(8-13)9-20(31)35-18/h4-8,10,16H,9,11-12H2,1-3H3,(H,25,32)(H,28,33)/t16-/m0/s1. The highest BCUT2D eigenvalue weighted by Crippen LogP contribution is 2.27. The van der Waals surface area contributed by atoms with E-state index in [0.29, 0.717) is 17.9 Å². The number of esters is 1. The number of carbonyl (C=O) groups excluding carboxylic acids is 4. The highest BCUT2D eigenvalue weighted by molar-refractivity contribution is 6.01. The molecule has 35 heavy (non-hydrogen) atoms. The fourth-order valence-corrected chi connectivity index (χ4v) is 4.13. The second-order valence-corrected chi connectivity index (χ2v) is 9.55. The molecule has 0 aliphatic carbocycles. The molecule has 0 unspecified atom stereocenters. The van der Waals surface area contributed by atoms with E-state index in [1.165, 1.54) is 16.8 Å². The summed E-state index contributed by atoms with van der Waals surface area (Å²) in [7, 11) is 0. The molecule has 3 amide bonds. The molecule has 11 heteroatoms. The number of hydrogen-bond acceptors (Lipinski definition) is 7. The van der Waals surface area contributed by atoms with Crippen LogP contribution in [0.4, 0.5) is 0 Å². The second-order valence-electron chi connectivity index (χ2n) is 9.55. The van der Waals surface area contributed by atoms with Crippen LogP contribution in [0.15, 0.2) is 36.5 Å². The Bertz CT molecular complexity index is 1390. The number of amides is 3. The summed E-state index contributed by atoms with van der Waals surface area (Å²) >= 11 is 0. The number of benzene rings is 1. The van der Waals surface area contributed by atoms with Crippen molar-refractivity contribution in [1.29, 1.82) is 0 Å². The molecule has 4 heterocycles. The van der Waals surface area contributed by atoms with Gasteiger partial charge in [-0.25, -0.2) is 9.50 Å².